The summed E-state index contributed by atoms with van der Waals surface area (Å²) in [4.78, 5) is 9.29. The second kappa shape index (κ2) is 6.17. The van der Waals surface area contributed by atoms with Crippen LogP contribution in [0.25, 0.3) is 0 Å². The van der Waals surface area contributed by atoms with E-state index in [1.54, 1.807) is 6.20 Å². The Balaban J connectivity index is 1.38. The molecule has 7 nitrogen and oxygen atoms in total. The van der Waals surface area contributed by atoms with Gasteiger partial charge in [-0.05, 0) is 25.0 Å². The van der Waals surface area contributed by atoms with Crippen LogP contribution in [0.2, 0.25) is 0 Å². The molecule has 26 heavy (non-hydrogen) atoms. The minimum Gasteiger partial charge on any atom is -0.347 e. The molecule has 7 heteroatoms. The second-order valence-electron chi connectivity index (χ2n) is 7.26. The highest BCUT2D eigenvalue weighted by molar-refractivity contribution is 5.68. The third-order valence-electron chi connectivity index (χ3n) is 5.61. The van der Waals surface area contributed by atoms with E-state index < -0.39 is 0 Å². The average Bonchev–Trinajstić information content (AvgIpc) is 3.26. The van der Waals surface area contributed by atoms with E-state index in [2.05, 4.69) is 51.2 Å². The zero-order valence-corrected chi connectivity index (χ0v) is 15.0. The van der Waals surface area contributed by atoms with E-state index in [9.17, 15) is 0 Å². The minimum absolute atomic E-state index is 0.363. The summed E-state index contributed by atoms with van der Waals surface area (Å²) >= 11 is 0. The van der Waals surface area contributed by atoms with Gasteiger partial charge in [0, 0.05) is 37.7 Å². The number of fused-ring (bicyclic) bond motifs is 1. The van der Waals surface area contributed by atoms with Gasteiger partial charge in [0.05, 0.1) is 19.4 Å². The predicted octanol–water partition coefficient (Wildman–Crippen LogP) is 2.30. The Bertz CT molecular complexity index is 798. The number of aromatic nitrogens is 3. The maximum Gasteiger partial charge on any atom is 0.247 e. The molecule has 0 saturated carbocycles. The lowest BCUT2D eigenvalue weighted by Crippen LogP contribution is -2.45. The van der Waals surface area contributed by atoms with Gasteiger partial charge in [-0.3, -0.25) is 0 Å². The lowest BCUT2D eigenvalue weighted by molar-refractivity contribution is -0.169. The molecular weight excluding hydrogens is 330 g/mol. The number of nitrogens with zero attached hydrogens (tertiary/aromatic N) is 5. The third-order valence-corrected chi connectivity index (χ3v) is 5.61. The number of benzene rings is 1. The van der Waals surface area contributed by atoms with E-state index in [-0.39, 0.29) is 5.79 Å². The highest BCUT2D eigenvalue weighted by Crippen LogP contribution is 2.37. The van der Waals surface area contributed by atoms with Gasteiger partial charge < -0.3 is 19.3 Å². The standard InChI is InChI=1S/C19H23N5O2/c1-14-12-15-4-2-3-5-16(15)24(14)17-13-20-22-18(21-17)23-8-6-19(7-9-23)25-10-11-26-19/h2-5,13-14H,6-12H2,1H3. The molecule has 2 aromatic rings. The molecule has 0 aliphatic carbocycles. The van der Waals surface area contributed by atoms with Crippen molar-refractivity contribution in [2.24, 2.45) is 0 Å². The number of hydrogen-bond acceptors (Lipinski definition) is 7. The summed E-state index contributed by atoms with van der Waals surface area (Å²) in [5, 5.41) is 8.53. The molecule has 0 bridgehead atoms. The topological polar surface area (TPSA) is 63.6 Å². The molecule has 1 aromatic heterocycles. The maximum absolute atomic E-state index is 5.81. The maximum atomic E-state index is 5.81. The van der Waals surface area contributed by atoms with Crippen LogP contribution in [0.4, 0.5) is 17.5 Å². The molecule has 2 saturated heterocycles. The van der Waals surface area contributed by atoms with Crippen molar-refractivity contribution in [3.63, 3.8) is 0 Å². The van der Waals surface area contributed by atoms with Crippen molar-refractivity contribution in [3.05, 3.63) is 36.0 Å². The molecule has 5 rings (SSSR count). The van der Waals surface area contributed by atoms with E-state index in [0.717, 1.165) is 38.2 Å². The fourth-order valence-electron chi connectivity index (χ4n) is 4.28. The fourth-order valence-corrected chi connectivity index (χ4v) is 4.28. The van der Waals surface area contributed by atoms with Crippen molar-refractivity contribution in [1.82, 2.24) is 15.2 Å². The summed E-state index contributed by atoms with van der Waals surface area (Å²) in [5.74, 6) is 1.16. The molecule has 0 amide bonds. The van der Waals surface area contributed by atoms with Crippen LogP contribution < -0.4 is 9.80 Å². The smallest absolute Gasteiger partial charge is 0.247 e. The Labute approximate surface area is 152 Å². The van der Waals surface area contributed by atoms with Crippen LogP contribution >= 0.6 is 0 Å². The summed E-state index contributed by atoms with van der Waals surface area (Å²) in [7, 11) is 0. The van der Waals surface area contributed by atoms with Crippen molar-refractivity contribution < 1.29 is 9.47 Å². The Kier molecular flexibility index (Phi) is 3.79. The van der Waals surface area contributed by atoms with Gasteiger partial charge in [0.1, 0.15) is 0 Å². The van der Waals surface area contributed by atoms with E-state index in [1.165, 1.54) is 11.3 Å². The van der Waals surface area contributed by atoms with Crippen molar-refractivity contribution in [2.75, 3.05) is 36.1 Å². The number of hydrogen-bond donors (Lipinski definition) is 0. The van der Waals surface area contributed by atoms with Gasteiger partial charge in [-0.1, -0.05) is 18.2 Å². The Morgan fingerprint density at radius 2 is 1.88 bits per heavy atom. The van der Waals surface area contributed by atoms with Crippen LogP contribution in [-0.4, -0.2) is 53.3 Å². The van der Waals surface area contributed by atoms with Crippen LogP contribution in [-0.2, 0) is 15.9 Å². The van der Waals surface area contributed by atoms with Gasteiger partial charge in [0.15, 0.2) is 11.6 Å². The van der Waals surface area contributed by atoms with E-state index in [4.69, 9.17) is 14.5 Å². The molecular formula is C19H23N5O2. The number of ether oxygens (including phenoxy) is 2. The first-order valence-electron chi connectivity index (χ1n) is 9.34. The lowest BCUT2D eigenvalue weighted by atomic mass is 10.0. The van der Waals surface area contributed by atoms with Crippen molar-refractivity contribution in [2.45, 2.75) is 38.0 Å². The zero-order chi connectivity index (χ0) is 17.6. The Hall–Kier alpha value is -2.25. The van der Waals surface area contributed by atoms with Crippen LogP contribution in [0.5, 0.6) is 0 Å². The molecule has 1 spiro atoms. The summed E-state index contributed by atoms with van der Waals surface area (Å²) in [6.07, 6.45) is 4.46. The largest absolute Gasteiger partial charge is 0.347 e. The van der Waals surface area contributed by atoms with Gasteiger partial charge in [0.2, 0.25) is 5.95 Å². The molecule has 1 unspecified atom stereocenters. The first-order chi connectivity index (χ1) is 12.7. The SMILES string of the molecule is CC1Cc2ccccc2N1c1cnnc(N2CCC3(CC2)OCCO3)n1. The van der Waals surface area contributed by atoms with Crippen LogP contribution in [0.3, 0.4) is 0 Å². The Morgan fingerprint density at radius 1 is 1.12 bits per heavy atom. The molecule has 2 fully saturated rings. The van der Waals surface area contributed by atoms with E-state index in [0.29, 0.717) is 25.2 Å². The summed E-state index contributed by atoms with van der Waals surface area (Å²) < 4.78 is 11.6. The van der Waals surface area contributed by atoms with E-state index >= 15 is 0 Å². The summed E-state index contributed by atoms with van der Waals surface area (Å²) in [5.41, 5.74) is 2.58. The Morgan fingerprint density at radius 3 is 2.69 bits per heavy atom. The van der Waals surface area contributed by atoms with Gasteiger partial charge in [-0.15, -0.1) is 5.10 Å². The molecule has 3 aliphatic heterocycles. The van der Waals surface area contributed by atoms with Gasteiger partial charge in [-0.2, -0.15) is 10.1 Å². The average molecular weight is 353 g/mol. The zero-order valence-electron chi connectivity index (χ0n) is 15.0. The molecule has 0 N–H and O–H groups in total. The van der Waals surface area contributed by atoms with E-state index in [1.807, 2.05) is 0 Å². The van der Waals surface area contributed by atoms with Crippen LogP contribution in [0, 0.1) is 0 Å². The lowest BCUT2D eigenvalue weighted by Gasteiger charge is -2.37. The first-order valence-corrected chi connectivity index (χ1v) is 9.34. The molecule has 136 valence electrons. The van der Waals surface area contributed by atoms with Gasteiger partial charge in [-0.25, -0.2) is 0 Å². The summed E-state index contributed by atoms with van der Waals surface area (Å²) in [6.45, 7) is 5.25. The number of anilines is 3. The van der Waals surface area contributed by atoms with Crippen LogP contribution in [0.1, 0.15) is 25.3 Å². The van der Waals surface area contributed by atoms with Crippen molar-refractivity contribution in [1.29, 1.82) is 0 Å². The first kappa shape index (κ1) is 16.0. The quantitative estimate of drug-likeness (QED) is 0.821. The second-order valence-corrected chi connectivity index (χ2v) is 7.26. The summed E-state index contributed by atoms with van der Waals surface area (Å²) in [6, 6.07) is 8.87. The van der Waals surface area contributed by atoms with Crippen molar-refractivity contribution >= 4 is 17.5 Å². The highest BCUT2D eigenvalue weighted by atomic mass is 16.7. The monoisotopic (exact) mass is 353 g/mol. The number of piperidine rings is 1. The normalized spacial score (nSPS) is 24.3. The predicted molar refractivity (Wildman–Crippen MR) is 97.7 cm³/mol. The third kappa shape index (κ3) is 2.62. The van der Waals surface area contributed by atoms with Crippen LogP contribution in [0.15, 0.2) is 30.5 Å². The number of rotatable bonds is 2. The molecule has 3 aliphatic rings. The molecule has 1 atom stereocenters. The minimum atomic E-state index is -0.385. The fraction of sp³-hybridized carbons (Fsp3) is 0.526. The van der Waals surface area contributed by atoms with Gasteiger partial charge >= 0.3 is 0 Å². The highest BCUT2D eigenvalue weighted by Gasteiger charge is 2.40. The van der Waals surface area contributed by atoms with Gasteiger partial charge in [0.25, 0.3) is 0 Å². The molecule has 4 heterocycles. The van der Waals surface area contributed by atoms with Crippen molar-refractivity contribution in [3.8, 4) is 0 Å². The number of para-hydroxylation sites is 1. The molecule has 0 radical (unpaired) electrons. The molecule has 1 aromatic carbocycles.